The van der Waals surface area contributed by atoms with Gasteiger partial charge in [-0.25, -0.2) is 0 Å². The van der Waals surface area contributed by atoms with E-state index in [-0.39, 0.29) is 19.0 Å². The first kappa shape index (κ1) is 14.9. The number of rotatable bonds is 6. The molecule has 19 heavy (non-hydrogen) atoms. The maximum Gasteiger partial charge on any atom is 0.240 e. The van der Waals surface area contributed by atoms with Crippen LogP contribution in [0.3, 0.4) is 0 Å². The van der Waals surface area contributed by atoms with Gasteiger partial charge in [-0.2, -0.15) is 5.26 Å². The van der Waals surface area contributed by atoms with E-state index in [4.69, 9.17) is 26.3 Å². The average molecular weight is 284 g/mol. The summed E-state index contributed by atoms with van der Waals surface area (Å²) in [5.74, 6) is 0.679. The van der Waals surface area contributed by atoms with Crippen molar-refractivity contribution in [2.24, 2.45) is 0 Å². The molecular weight excluding hydrogens is 270 g/mol. The molecule has 0 aromatic heterocycles. The van der Waals surface area contributed by atoms with Gasteiger partial charge < -0.3 is 20.1 Å². The van der Waals surface area contributed by atoms with Gasteiger partial charge in [0.25, 0.3) is 0 Å². The number of benzene rings is 1. The van der Waals surface area contributed by atoms with Crippen LogP contribution in [0.2, 0.25) is 5.02 Å². The highest BCUT2D eigenvalue weighted by Gasteiger charge is 2.10. The molecule has 0 unspecified atom stereocenters. The van der Waals surface area contributed by atoms with Crippen LogP contribution in [0.1, 0.15) is 0 Å². The van der Waals surface area contributed by atoms with Crippen molar-refractivity contribution in [3.8, 4) is 17.6 Å². The molecule has 2 N–H and O–H groups in total. The lowest BCUT2D eigenvalue weighted by Crippen LogP contribution is -2.30. The van der Waals surface area contributed by atoms with Crippen molar-refractivity contribution < 1.29 is 14.3 Å². The molecule has 1 amide bonds. The van der Waals surface area contributed by atoms with Crippen molar-refractivity contribution in [3.05, 3.63) is 17.2 Å². The lowest BCUT2D eigenvalue weighted by atomic mass is 10.2. The molecule has 6 nitrogen and oxygen atoms in total. The molecule has 0 saturated carbocycles. The maximum atomic E-state index is 11.4. The Morgan fingerprint density at radius 1 is 1.37 bits per heavy atom. The summed E-state index contributed by atoms with van der Waals surface area (Å²) >= 11 is 5.96. The van der Waals surface area contributed by atoms with Crippen LogP contribution >= 0.6 is 11.6 Å². The molecule has 0 bridgehead atoms. The van der Waals surface area contributed by atoms with Gasteiger partial charge in [0.2, 0.25) is 5.91 Å². The van der Waals surface area contributed by atoms with Crippen molar-refractivity contribution in [2.75, 3.05) is 32.6 Å². The molecular formula is C12H14ClN3O3. The SMILES string of the molecule is COc1cc(NCC(=O)NCC#N)c(OC)cc1Cl. The van der Waals surface area contributed by atoms with Crippen LogP contribution in [-0.4, -0.2) is 33.2 Å². The third kappa shape index (κ3) is 4.23. The average Bonchev–Trinajstić information content (AvgIpc) is 2.43. The number of hydrogen-bond acceptors (Lipinski definition) is 5. The van der Waals surface area contributed by atoms with E-state index in [1.54, 1.807) is 12.1 Å². The van der Waals surface area contributed by atoms with Gasteiger partial charge in [-0.3, -0.25) is 4.79 Å². The Hall–Kier alpha value is -2.13. The molecule has 102 valence electrons. The number of nitriles is 1. The largest absolute Gasteiger partial charge is 0.495 e. The van der Waals surface area contributed by atoms with E-state index in [2.05, 4.69) is 10.6 Å². The third-order valence-electron chi connectivity index (χ3n) is 2.28. The molecule has 0 saturated heterocycles. The summed E-state index contributed by atoms with van der Waals surface area (Å²) in [5.41, 5.74) is 0.579. The van der Waals surface area contributed by atoms with Crippen LogP contribution in [0.25, 0.3) is 0 Å². The molecule has 1 rings (SSSR count). The fraction of sp³-hybridized carbons (Fsp3) is 0.333. The fourth-order valence-corrected chi connectivity index (χ4v) is 1.61. The van der Waals surface area contributed by atoms with Gasteiger partial charge in [0.15, 0.2) is 0 Å². The van der Waals surface area contributed by atoms with Gasteiger partial charge in [-0.1, -0.05) is 11.6 Å². The van der Waals surface area contributed by atoms with Gasteiger partial charge in [-0.05, 0) is 0 Å². The van der Waals surface area contributed by atoms with E-state index < -0.39 is 0 Å². The lowest BCUT2D eigenvalue weighted by Gasteiger charge is -2.13. The highest BCUT2D eigenvalue weighted by atomic mass is 35.5. The van der Waals surface area contributed by atoms with E-state index in [9.17, 15) is 4.79 Å². The summed E-state index contributed by atoms with van der Waals surface area (Å²) in [6, 6.07) is 5.05. The summed E-state index contributed by atoms with van der Waals surface area (Å²) in [7, 11) is 3.00. The van der Waals surface area contributed by atoms with E-state index >= 15 is 0 Å². The van der Waals surface area contributed by atoms with Crippen molar-refractivity contribution in [1.29, 1.82) is 5.26 Å². The maximum absolute atomic E-state index is 11.4. The van der Waals surface area contributed by atoms with Gasteiger partial charge >= 0.3 is 0 Å². The Morgan fingerprint density at radius 3 is 2.63 bits per heavy atom. The van der Waals surface area contributed by atoms with Crippen LogP contribution in [0.4, 0.5) is 5.69 Å². The highest BCUT2D eigenvalue weighted by molar-refractivity contribution is 6.32. The van der Waals surface area contributed by atoms with Gasteiger partial charge in [0.1, 0.15) is 18.0 Å². The van der Waals surface area contributed by atoms with E-state index in [1.165, 1.54) is 14.2 Å². The molecule has 1 aromatic rings. The van der Waals surface area contributed by atoms with E-state index in [0.29, 0.717) is 22.2 Å². The minimum Gasteiger partial charge on any atom is -0.495 e. The van der Waals surface area contributed by atoms with Gasteiger partial charge in [0.05, 0.1) is 37.5 Å². The Morgan fingerprint density at radius 2 is 2.05 bits per heavy atom. The first-order chi connectivity index (χ1) is 9.12. The van der Waals surface area contributed by atoms with Crippen molar-refractivity contribution in [3.63, 3.8) is 0 Å². The molecule has 0 fully saturated rings. The van der Waals surface area contributed by atoms with Gasteiger partial charge in [-0.15, -0.1) is 0 Å². The number of anilines is 1. The van der Waals surface area contributed by atoms with Crippen molar-refractivity contribution >= 4 is 23.2 Å². The normalized spacial score (nSPS) is 9.37. The summed E-state index contributed by atoms with van der Waals surface area (Å²) in [6.45, 7) is -0.00951. The van der Waals surface area contributed by atoms with E-state index in [1.807, 2.05) is 6.07 Å². The third-order valence-corrected chi connectivity index (χ3v) is 2.57. The van der Waals surface area contributed by atoms with Gasteiger partial charge in [0, 0.05) is 12.1 Å². The molecule has 0 aliphatic rings. The number of nitrogens with one attached hydrogen (secondary N) is 2. The number of nitrogens with zero attached hydrogens (tertiary/aromatic N) is 1. The first-order valence-electron chi connectivity index (χ1n) is 5.41. The topological polar surface area (TPSA) is 83.4 Å². The summed E-state index contributed by atoms with van der Waals surface area (Å²) in [4.78, 5) is 11.4. The highest BCUT2D eigenvalue weighted by Crippen LogP contribution is 2.35. The van der Waals surface area contributed by atoms with Crippen LogP contribution in [0.15, 0.2) is 12.1 Å². The molecule has 0 radical (unpaired) electrons. The van der Waals surface area contributed by atoms with Crippen LogP contribution in [0, 0.1) is 11.3 Å². The minimum atomic E-state index is -0.294. The Labute approximate surface area is 116 Å². The van der Waals surface area contributed by atoms with Crippen LogP contribution < -0.4 is 20.1 Å². The zero-order valence-corrected chi connectivity index (χ0v) is 11.4. The Kier molecular flexibility index (Phi) is 5.76. The number of amides is 1. The molecule has 0 atom stereocenters. The van der Waals surface area contributed by atoms with E-state index in [0.717, 1.165) is 0 Å². The lowest BCUT2D eigenvalue weighted by molar-refractivity contribution is -0.119. The summed E-state index contributed by atoms with van der Waals surface area (Å²) in [5, 5.41) is 14.1. The number of carbonyl (C=O) groups is 1. The number of methoxy groups -OCH3 is 2. The zero-order valence-electron chi connectivity index (χ0n) is 10.6. The fourth-order valence-electron chi connectivity index (χ4n) is 1.37. The zero-order chi connectivity index (χ0) is 14.3. The monoisotopic (exact) mass is 283 g/mol. The van der Waals surface area contributed by atoms with Crippen LogP contribution in [0.5, 0.6) is 11.5 Å². The molecule has 7 heteroatoms. The quantitative estimate of drug-likeness (QED) is 0.771. The Bertz CT molecular complexity index is 500. The number of halogens is 1. The van der Waals surface area contributed by atoms with Crippen LogP contribution in [-0.2, 0) is 4.79 Å². The molecule has 0 aliphatic carbocycles. The number of ether oxygens (including phenoxy) is 2. The number of carbonyl (C=O) groups excluding carboxylic acids is 1. The van der Waals surface area contributed by atoms with Crippen molar-refractivity contribution in [1.82, 2.24) is 5.32 Å². The minimum absolute atomic E-state index is 0.0167. The molecule has 1 aromatic carbocycles. The second-order valence-electron chi connectivity index (χ2n) is 3.48. The second-order valence-corrected chi connectivity index (χ2v) is 3.88. The second kappa shape index (κ2) is 7.34. The Balaban J connectivity index is 2.77. The predicted octanol–water partition coefficient (Wildman–Crippen LogP) is 1.41. The standard InChI is InChI=1S/C12H14ClN3O3/c1-18-10-6-9(11(19-2)5-8(10)13)16-7-12(17)15-4-3-14/h5-6,16H,4,7H2,1-2H3,(H,15,17). The smallest absolute Gasteiger partial charge is 0.240 e. The predicted molar refractivity (Wildman–Crippen MR) is 71.7 cm³/mol. The molecule has 0 aliphatic heterocycles. The van der Waals surface area contributed by atoms with Crippen molar-refractivity contribution in [2.45, 2.75) is 0 Å². The molecule has 0 spiro atoms. The summed E-state index contributed by atoms with van der Waals surface area (Å²) < 4.78 is 10.2. The number of hydrogen-bond donors (Lipinski definition) is 2. The first-order valence-corrected chi connectivity index (χ1v) is 5.79. The molecule has 0 heterocycles. The summed E-state index contributed by atoms with van der Waals surface area (Å²) in [6.07, 6.45) is 0.